The normalized spacial score (nSPS) is 18.6. The Morgan fingerprint density at radius 1 is 1.37 bits per heavy atom. The maximum absolute atomic E-state index is 11.4. The molecule has 1 atom stereocenters. The summed E-state index contributed by atoms with van der Waals surface area (Å²) < 4.78 is 4.90. The number of nitrogens with zero attached hydrogens (tertiary/aromatic N) is 2. The average Bonchev–Trinajstić information content (AvgIpc) is 3.01. The molecule has 1 saturated heterocycles. The third-order valence-electron chi connectivity index (χ3n) is 2.72. The molecule has 0 radical (unpaired) electrons. The van der Waals surface area contributed by atoms with E-state index in [0.717, 1.165) is 5.56 Å². The van der Waals surface area contributed by atoms with E-state index in [1.807, 2.05) is 12.1 Å². The first-order chi connectivity index (χ1) is 9.22. The molecule has 0 saturated carbocycles. The van der Waals surface area contributed by atoms with Gasteiger partial charge in [-0.2, -0.15) is 0 Å². The zero-order valence-electron chi connectivity index (χ0n) is 9.80. The lowest BCUT2D eigenvalue weighted by Gasteiger charge is -1.99. The summed E-state index contributed by atoms with van der Waals surface area (Å²) in [6, 6.07) is 7.31. The van der Waals surface area contributed by atoms with Crippen molar-refractivity contribution in [3.8, 4) is 11.4 Å². The number of H-pyrrole nitrogens is 1. The Balaban J connectivity index is 1.75. The molecule has 7 heteroatoms. The number of benzene rings is 1. The van der Waals surface area contributed by atoms with Crippen LogP contribution in [-0.2, 0) is 9.53 Å². The molecule has 0 unspecified atom stereocenters. The molecule has 3 rings (SSSR count). The van der Waals surface area contributed by atoms with Crippen molar-refractivity contribution in [3.63, 3.8) is 0 Å². The number of thioether (sulfide) groups is 1. The maximum Gasteiger partial charge on any atom is 0.319 e. The van der Waals surface area contributed by atoms with E-state index in [9.17, 15) is 4.79 Å². The first-order valence-corrected chi connectivity index (χ1v) is 7.00. The van der Waals surface area contributed by atoms with E-state index < -0.39 is 0 Å². The maximum atomic E-state index is 11.4. The van der Waals surface area contributed by atoms with Crippen molar-refractivity contribution in [2.45, 2.75) is 16.8 Å². The van der Waals surface area contributed by atoms with Gasteiger partial charge in [0.25, 0.3) is 0 Å². The van der Waals surface area contributed by atoms with Crippen LogP contribution >= 0.6 is 23.4 Å². The van der Waals surface area contributed by atoms with Gasteiger partial charge in [0.05, 0.1) is 6.61 Å². The smallest absolute Gasteiger partial charge is 0.319 e. The van der Waals surface area contributed by atoms with Gasteiger partial charge in [-0.3, -0.25) is 9.89 Å². The number of rotatable bonds is 3. The van der Waals surface area contributed by atoms with Crippen LogP contribution in [0.5, 0.6) is 0 Å². The van der Waals surface area contributed by atoms with Crippen LogP contribution in [0, 0.1) is 0 Å². The highest BCUT2D eigenvalue weighted by Crippen LogP contribution is 2.28. The lowest BCUT2D eigenvalue weighted by Crippen LogP contribution is -2.09. The highest BCUT2D eigenvalue weighted by Gasteiger charge is 2.28. The number of hydrogen-bond acceptors (Lipinski definition) is 5. The minimum absolute atomic E-state index is 0.192. The Morgan fingerprint density at radius 3 is 2.84 bits per heavy atom. The first-order valence-electron chi connectivity index (χ1n) is 5.74. The Labute approximate surface area is 118 Å². The average molecular weight is 296 g/mol. The van der Waals surface area contributed by atoms with Crippen LogP contribution in [0.15, 0.2) is 29.4 Å². The molecule has 0 amide bonds. The monoisotopic (exact) mass is 295 g/mol. The van der Waals surface area contributed by atoms with Gasteiger partial charge in [0.2, 0.25) is 5.16 Å². The number of carbonyl (C=O) groups is 1. The standard InChI is InChI=1S/C12H10ClN3O2S/c13-8-3-1-7(2-4-8)10-14-12(16-15-10)19-9-5-6-18-11(9)17/h1-4,9H,5-6H2,(H,14,15,16)/t9-/m0/s1. The zero-order valence-corrected chi connectivity index (χ0v) is 11.4. The van der Waals surface area contributed by atoms with E-state index in [2.05, 4.69) is 15.2 Å². The summed E-state index contributed by atoms with van der Waals surface area (Å²) in [7, 11) is 0. The molecule has 5 nitrogen and oxygen atoms in total. The summed E-state index contributed by atoms with van der Waals surface area (Å²) in [5.41, 5.74) is 0.901. The van der Waals surface area contributed by atoms with Gasteiger partial charge in [0.1, 0.15) is 5.25 Å². The fourth-order valence-electron chi connectivity index (χ4n) is 1.75. The molecular weight excluding hydrogens is 286 g/mol. The number of nitrogens with one attached hydrogen (secondary N) is 1. The first kappa shape index (κ1) is 12.5. The molecule has 2 heterocycles. The van der Waals surface area contributed by atoms with Crippen molar-refractivity contribution in [1.29, 1.82) is 0 Å². The van der Waals surface area contributed by atoms with Gasteiger partial charge >= 0.3 is 5.97 Å². The largest absolute Gasteiger partial charge is 0.465 e. The highest BCUT2D eigenvalue weighted by atomic mass is 35.5. The SMILES string of the molecule is O=C1OCC[C@@H]1Sc1n[nH]c(-c2ccc(Cl)cc2)n1. The molecule has 1 aliphatic heterocycles. The molecule has 0 bridgehead atoms. The fraction of sp³-hybridized carbons (Fsp3) is 0.250. The van der Waals surface area contributed by atoms with Crippen molar-refractivity contribution < 1.29 is 9.53 Å². The summed E-state index contributed by atoms with van der Waals surface area (Å²) in [5.74, 6) is 0.466. The summed E-state index contributed by atoms with van der Waals surface area (Å²) >= 11 is 7.16. The predicted molar refractivity (Wildman–Crippen MR) is 72.0 cm³/mol. The Morgan fingerprint density at radius 2 is 2.16 bits per heavy atom. The van der Waals surface area contributed by atoms with Crippen molar-refractivity contribution in [1.82, 2.24) is 15.2 Å². The zero-order chi connectivity index (χ0) is 13.2. The summed E-state index contributed by atoms with van der Waals surface area (Å²) in [4.78, 5) is 15.7. The lowest BCUT2D eigenvalue weighted by atomic mass is 10.2. The van der Waals surface area contributed by atoms with Crippen LogP contribution in [-0.4, -0.2) is 33.0 Å². The number of esters is 1. The Hall–Kier alpha value is -1.53. The van der Waals surface area contributed by atoms with E-state index in [0.29, 0.717) is 29.0 Å². The molecule has 1 aliphatic rings. The molecule has 1 N–H and O–H groups in total. The van der Waals surface area contributed by atoms with Crippen LogP contribution in [0.2, 0.25) is 5.02 Å². The topological polar surface area (TPSA) is 67.9 Å². The molecule has 98 valence electrons. The van der Waals surface area contributed by atoms with E-state index in [1.165, 1.54) is 11.8 Å². The molecule has 1 aromatic heterocycles. The second-order valence-electron chi connectivity index (χ2n) is 4.04. The van der Waals surface area contributed by atoms with Crippen LogP contribution in [0.25, 0.3) is 11.4 Å². The third-order valence-corrected chi connectivity index (χ3v) is 4.08. The number of aromatic nitrogens is 3. The lowest BCUT2D eigenvalue weighted by molar-refractivity contribution is -0.137. The van der Waals surface area contributed by atoms with Crippen molar-refractivity contribution in [2.75, 3.05) is 6.61 Å². The Bertz CT molecular complexity index is 599. The molecule has 19 heavy (non-hydrogen) atoms. The number of hydrogen-bond donors (Lipinski definition) is 1. The van der Waals surface area contributed by atoms with Crippen LogP contribution in [0.4, 0.5) is 0 Å². The van der Waals surface area contributed by atoms with E-state index in [4.69, 9.17) is 16.3 Å². The van der Waals surface area contributed by atoms with Crippen molar-refractivity contribution in [3.05, 3.63) is 29.3 Å². The number of halogens is 1. The summed E-state index contributed by atoms with van der Waals surface area (Å²) in [5, 5.41) is 7.97. The van der Waals surface area contributed by atoms with E-state index in [1.54, 1.807) is 12.1 Å². The van der Waals surface area contributed by atoms with Crippen LogP contribution in [0.1, 0.15) is 6.42 Å². The molecule has 0 spiro atoms. The number of carbonyl (C=O) groups excluding carboxylic acids is 1. The molecule has 1 aromatic carbocycles. The van der Waals surface area contributed by atoms with E-state index >= 15 is 0 Å². The second kappa shape index (κ2) is 5.22. The number of cyclic esters (lactones) is 1. The Kier molecular flexibility index (Phi) is 3.44. The third kappa shape index (κ3) is 2.74. The minimum atomic E-state index is -0.200. The summed E-state index contributed by atoms with van der Waals surface area (Å²) in [6.07, 6.45) is 0.703. The van der Waals surface area contributed by atoms with Crippen LogP contribution < -0.4 is 0 Å². The molecule has 0 aliphatic carbocycles. The highest BCUT2D eigenvalue weighted by molar-refractivity contribution is 8.00. The van der Waals surface area contributed by atoms with Gasteiger partial charge in [-0.1, -0.05) is 23.4 Å². The van der Waals surface area contributed by atoms with Gasteiger partial charge in [0, 0.05) is 17.0 Å². The van der Waals surface area contributed by atoms with Crippen LogP contribution in [0.3, 0.4) is 0 Å². The van der Waals surface area contributed by atoms with Gasteiger partial charge < -0.3 is 4.74 Å². The van der Waals surface area contributed by atoms with Gasteiger partial charge in [0.15, 0.2) is 5.82 Å². The predicted octanol–water partition coefficient (Wildman–Crippen LogP) is 2.53. The second-order valence-corrected chi connectivity index (χ2v) is 5.64. The van der Waals surface area contributed by atoms with Crippen molar-refractivity contribution >= 4 is 29.3 Å². The summed E-state index contributed by atoms with van der Waals surface area (Å²) in [6.45, 7) is 0.477. The van der Waals surface area contributed by atoms with Gasteiger partial charge in [-0.05, 0) is 24.3 Å². The fourth-order valence-corrected chi connectivity index (χ4v) is 2.75. The van der Waals surface area contributed by atoms with E-state index in [-0.39, 0.29) is 11.2 Å². The van der Waals surface area contributed by atoms with Gasteiger partial charge in [-0.15, -0.1) is 5.10 Å². The molecule has 1 fully saturated rings. The quantitative estimate of drug-likeness (QED) is 0.881. The van der Waals surface area contributed by atoms with Crippen molar-refractivity contribution in [2.24, 2.45) is 0 Å². The van der Waals surface area contributed by atoms with Gasteiger partial charge in [-0.25, -0.2) is 4.98 Å². The number of aromatic amines is 1. The number of ether oxygens (including phenoxy) is 1. The molecular formula is C12H10ClN3O2S. The molecule has 2 aromatic rings. The minimum Gasteiger partial charge on any atom is -0.465 e.